The van der Waals surface area contributed by atoms with Gasteiger partial charge in [-0.3, -0.25) is 0 Å². The van der Waals surface area contributed by atoms with Crippen LogP contribution < -0.4 is 5.32 Å². The van der Waals surface area contributed by atoms with E-state index in [1.165, 1.54) is 25.0 Å². The molecule has 0 rings (SSSR count). The van der Waals surface area contributed by atoms with Crippen molar-refractivity contribution in [3.63, 3.8) is 0 Å². The Labute approximate surface area is 89.4 Å². The second-order valence-electron chi connectivity index (χ2n) is 4.42. The molecule has 14 heavy (non-hydrogen) atoms. The topological polar surface area (TPSA) is 15.3 Å². The Morgan fingerprint density at radius 1 is 1.36 bits per heavy atom. The van der Waals surface area contributed by atoms with Gasteiger partial charge in [-0.2, -0.15) is 0 Å². The molecular weight excluding hydrogens is 172 g/mol. The lowest BCUT2D eigenvalue weighted by Gasteiger charge is -2.20. The summed E-state index contributed by atoms with van der Waals surface area (Å²) in [5, 5.41) is 3.37. The lowest BCUT2D eigenvalue weighted by molar-refractivity contribution is 0.268. The Hall–Kier alpha value is -0.340. The van der Waals surface area contributed by atoms with Gasteiger partial charge in [-0.15, -0.1) is 0 Å². The molecule has 0 bridgehead atoms. The highest BCUT2D eigenvalue weighted by molar-refractivity contribution is 4.90. The number of rotatable bonds is 8. The standard InChI is InChI=1S/C12H26N2/c1-11(2)10-13-8-6-7-9-14(5)12(3)4/h12-13H,1,6-10H2,2-5H3. The van der Waals surface area contributed by atoms with E-state index in [0.29, 0.717) is 6.04 Å². The van der Waals surface area contributed by atoms with Crippen LogP contribution in [0.1, 0.15) is 33.6 Å². The Morgan fingerprint density at radius 2 is 2.00 bits per heavy atom. The van der Waals surface area contributed by atoms with Gasteiger partial charge in [0.2, 0.25) is 0 Å². The van der Waals surface area contributed by atoms with Crippen LogP contribution in [0.15, 0.2) is 12.2 Å². The SMILES string of the molecule is C=C(C)CNCCCCN(C)C(C)C. The van der Waals surface area contributed by atoms with Crippen molar-refractivity contribution in [3.05, 3.63) is 12.2 Å². The van der Waals surface area contributed by atoms with Crippen molar-refractivity contribution >= 4 is 0 Å². The van der Waals surface area contributed by atoms with Gasteiger partial charge in [0.1, 0.15) is 0 Å². The second kappa shape index (κ2) is 8.01. The molecule has 0 aliphatic carbocycles. The number of unbranched alkanes of at least 4 members (excludes halogenated alkanes) is 1. The summed E-state index contributed by atoms with van der Waals surface area (Å²) in [7, 11) is 2.19. The maximum absolute atomic E-state index is 3.85. The maximum Gasteiger partial charge on any atom is 0.0159 e. The summed E-state index contributed by atoms with van der Waals surface area (Å²) in [5.41, 5.74) is 1.21. The van der Waals surface area contributed by atoms with E-state index in [-0.39, 0.29) is 0 Å². The lowest BCUT2D eigenvalue weighted by Crippen LogP contribution is -2.28. The molecule has 0 aliphatic heterocycles. The van der Waals surface area contributed by atoms with Crippen LogP contribution in [-0.2, 0) is 0 Å². The van der Waals surface area contributed by atoms with E-state index in [4.69, 9.17) is 0 Å². The third-order valence-electron chi connectivity index (χ3n) is 2.42. The van der Waals surface area contributed by atoms with Crippen LogP contribution in [0.4, 0.5) is 0 Å². The molecule has 2 heteroatoms. The molecule has 0 spiro atoms. The van der Waals surface area contributed by atoms with E-state index in [2.05, 4.69) is 44.6 Å². The predicted molar refractivity (Wildman–Crippen MR) is 64.7 cm³/mol. The Balaban J connectivity index is 3.17. The molecule has 0 saturated heterocycles. The van der Waals surface area contributed by atoms with E-state index in [9.17, 15) is 0 Å². The van der Waals surface area contributed by atoms with E-state index < -0.39 is 0 Å². The third-order valence-corrected chi connectivity index (χ3v) is 2.42. The van der Waals surface area contributed by atoms with Crippen molar-refractivity contribution in [2.24, 2.45) is 0 Å². The molecule has 0 amide bonds. The normalized spacial score (nSPS) is 11.3. The molecule has 0 aromatic carbocycles. The molecule has 1 N–H and O–H groups in total. The zero-order valence-corrected chi connectivity index (χ0v) is 10.3. The quantitative estimate of drug-likeness (QED) is 0.475. The van der Waals surface area contributed by atoms with Gasteiger partial charge in [-0.25, -0.2) is 0 Å². The fourth-order valence-corrected chi connectivity index (χ4v) is 1.17. The van der Waals surface area contributed by atoms with Crippen LogP contribution in [0.25, 0.3) is 0 Å². The summed E-state index contributed by atoms with van der Waals surface area (Å²) < 4.78 is 0. The predicted octanol–water partition coefficient (Wildman–Crippen LogP) is 2.27. The van der Waals surface area contributed by atoms with E-state index in [0.717, 1.165) is 13.1 Å². The molecule has 84 valence electrons. The van der Waals surface area contributed by atoms with Crippen LogP contribution in [0.2, 0.25) is 0 Å². The fourth-order valence-electron chi connectivity index (χ4n) is 1.17. The van der Waals surface area contributed by atoms with Gasteiger partial charge in [0.25, 0.3) is 0 Å². The van der Waals surface area contributed by atoms with Crippen LogP contribution in [0.5, 0.6) is 0 Å². The second-order valence-corrected chi connectivity index (χ2v) is 4.42. The van der Waals surface area contributed by atoms with Gasteiger partial charge in [-0.1, -0.05) is 12.2 Å². The average molecular weight is 198 g/mol. The molecular formula is C12H26N2. The minimum atomic E-state index is 0.665. The first-order valence-electron chi connectivity index (χ1n) is 5.59. The largest absolute Gasteiger partial charge is 0.313 e. The van der Waals surface area contributed by atoms with Gasteiger partial charge in [0.05, 0.1) is 0 Å². The molecule has 0 aliphatic rings. The Morgan fingerprint density at radius 3 is 2.50 bits per heavy atom. The fraction of sp³-hybridized carbons (Fsp3) is 0.833. The summed E-state index contributed by atoms with van der Waals surface area (Å²) in [5.74, 6) is 0. The number of hydrogen-bond acceptors (Lipinski definition) is 2. The van der Waals surface area contributed by atoms with Crippen molar-refractivity contribution < 1.29 is 0 Å². The highest BCUT2D eigenvalue weighted by Crippen LogP contribution is 1.97. The van der Waals surface area contributed by atoms with Crippen molar-refractivity contribution in [1.82, 2.24) is 10.2 Å². The minimum absolute atomic E-state index is 0.665. The van der Waals surface area contributed by atoms with Crippen molar-refractivity contribution in [2.45, 2.75) is 39.7 Å². The van der Waals surface area contributed by atoms with Crippen molar-refractivity contribution in [1.29, 1.82) is 0 Å². The number of hydrogen-bond donors (Lipinski definition) is 1. The van der Waals surface area contributed by atoms with Crippen LogP contribution in [0.3, 0.4) is 0 Å². The molecule has 0 radical (unpaired) electrons. The Kier molecular flexibility index (Phi) is 7.81. The van der Waals surface area contributed by atoms with Gasteiger partial charge in [-0.05, 0) is 53.8 Å². The maximum atomic E-state index is 3.85. The molecule has 0 aromatic rings. The minimum Gasteiger partial charge on any atom is -0.313 e. The molecule has 0 fully saturated rings. The lowest BCUT2D eigenvalue weighted by atomic mass is 10.2. The highest BCUT2D eigenvalue weighted by Gasteiger charge is 2.01. The average Bonchev–Trinajstić information content (AvgIpc) is 2.09. The van der Waals surface area contributed by atoms with Crippen LogP contribution >= 0.6 is 0 Å². The van der Waals surface area contributed by atoms with Crippen LogP contribution in [-0.4, -0.2) is 37.6 Å². The van der Waals surface area contributed by atoms with E-state index in [1.807, 2.05) is 0 Å². The number of nitrogens with one attached hydrogen (secondary N) is 1. The molecule has 0 aromatic heterocycles. The summed E-state index contributed by atoms with van der Waals surface area (Å²) in [4.78, 5) is 2.39. The summed E-state index contributed by atoms with van der Waals surface area (Å²) >= 11 is 0. The first kappa shape index (κ1) is 13.7. The first-order chi connectivity index (χ1) is 6.54. The highest BCUT2D eigenvalue weighted by atomic mass is 15.1. The van der Waals surface area contributed by atoms with Gasteiger partial charge in [0, 0.05) is 12.6 Å². The summed E-state index contributed by atoms with van der Waals surface area (Å²) in [6.07, 6.45) is 2.53. The third kappa shape index (κ3) is 8.27. The van der Waals surface area contributed by atoms with E-state index in [1.54, 1.807) is 0 Å². The summed E-state index contributed by atoms with van der Waals surface area (Å²) in [6.45, 7) is 13.6. The molecule has 0 saturated carbocycles. The molecule has 0 unspecified atom stereocenters. The Bertz CT molecular complexity index is 152. The zero-order valence-electron chi connectivity index (χ0n) is 10.3. The molecule has 0 atom stereocenters. The van der Waals surface area contributed by atoms with Gasteiger partial charge < -0.3 is 10.2 Å². The van der Waals surface area contributed by atoms with Crippen molar-refractivity contribution in [3.8, 4) is 0 Å². The monoisotopic (exact) mass is 198 g/mol. The van der Waals surface area contributed by atoms with Crippen molar-refractivity contribution in [2.75, 3.05) is 26.7 Å². The summed E-state index contributed by atoms with van der Waals surface area (Å²) in [6, 6.07) is 0.665. The first-order valence-corrected chi connectivity index (χ1v) is 5.59. The zero-order chi connectivity index (χ0) is 11.0. The molecule has 2 nitrogen and oxygen atoms in total. The van der Waals surface area contributed by atoms with Gasteiger partial charge >= 0.3 is 0 Å². The smallest absolute Gasteiger partial charge is 0.0159 e. The molecule has 0 heterocycles. The van der Waals surface area contributed by atoms with E-state index >= 15 is 0 Å². The van der Waals surface area contributed by atoms with Gasteiger partial charge in [0.15, 0.2) is 0 Å². The van der Waals surface area contributed by atoms with Crippen LogP contribution in [0, 0.1) is 0 Å². The number of nitrogens with zero attached hydrogens (tertiary/aromatic N) is 1.